The predicted molar refractivity (Wildman–Crippen MR) is 85.8 cm³/mol. The van der Waals surface area contributed by atoms with Crippen LogP contribution in [0.15, 0.2) is 53.7 Å². The van der Waals surface area contributed by atoms with Crippen molar-refractivity contribution in [3.05, 3.63) is 59.7 Å². The maximum absolute atomic E-state index is 8.52. The van der Waals surface area contributed by atoms with Crippen LogP contribution in [0, 0.1) is 0 Å². The summed E-state index contributed by atoms with van der Waals surface area (Å²) in [6, 6.07) is 16.8. The summed E-state index contributed by atoms with van der Waals surface area (Å²) in [5.41, 5.74) is 4.67. The van der Waals surface area contributed by atoms with Crippen LogP contribution in [-0.4, -0.2) is 29.4 Å². The molecule has 0 aromatic heterocycles. The molecule has 3 rings (SSSR count). The van der Waals surface area contributed by atoms with E-state index < -0.39 is 0 Å². The lowest BCUT2D eigenvalue weighted by atomic mass is 10.0. The van der Waals surface area contributed by atoms with Crippen molar-refractivity contribution in [2.24, 2.45) is 5.16 Å². The van der Waals surface area contributed by atoms with E-state index in [1.54, 1.807) is 0 Å². The molecule has 1 fully saturated rings. The third-order valence-corrected chi connectivity index (χ3v) is 4.01. The van der Waals surface area contributed by atoms with Crippen LogP contribution in [0.3, 0.4) is 0 Å². The van der Waals surface area contributed by atoms with Crippen LogP contribution in [0.25, 0.3) is 11.1 Å². The first kappa shape index (κ1) is 13.8. The van der Waals surface area contributed by atoms with E-state index in [9.17, 15) is 0 Å². The van der Waals surface area contributed by atoms with Crippen LogP contribution < -0.4 is 0 Å². The van der Waals surface area contributed by atoms with Gasteiger partial charge >= 0.3 is 0 Å². The zero-order chi connectivity index (χ0) is 14.5. The molecule has 0 spiro atoms. The average Bonchev–Trinajstić information content (AvgIpc) is 3.02. The summed E-state index contributed by atoms with van der Waals surface area (Å²) in [4.78, 5) is 2.51. The van der Waals surface area contributed by atoms with Crippen LogP contribution in [0.4, 0.5) is 0 Å². The molecule has 2 aromatic rings. The molecule has 108 valence electrons. The minimum atomic E-state index is 0.895. The average molecular weight is 280 g/mol. The van der Waals surface area contributed by atoms with Gasteiger partial charge < -0.3 is 5.21 Å². The molecule has 21 heavy (non-hydrogen) atoms. The minimum Gasteiger partial charge on any atom is -0.411 e. The first-order valence-electron chi connectivity index (χ1n) is 7.44. The Bertz CT molecular complexity index is 596. The smallest absolute Gasteiger partial charge is 0.0733 e. The lowest BCUT2D eigenvalue weighted by Crippen LogP contribution is -2.18. The Balaban J connectivity index is 1.70. The van der Waals surface area contributed by atoms with E-state index in [0.717, 1.165) is 12.1 Å². The summed E-state index contributed by atoms with van der Waals surface area (Å²) in [6.45, 7) is 3.53. The van der Waals surface area contributed by atoms with Crippen molar-refractivity contribution in [1.29, 1.82) is 0 Å². The fourth-order valence-electron chi connectivity index (χ4n) is 2.83. The van der Waals surface area contributed by atoms with Crippen LogP contribution in [0.2, 0.25) is 0 Å². The van der Waals surface area contributed by atoms with E-state index in [4.69, 9.17) is 5.21 Å². The SMILES string of the molecule is O/N=C/c1ccc(-c2ccc(CN3CCCC3)cc2)cc1. The molecular weight excluding hydrogens is 260 g/mol. The molecule has 0 saturated carbocycles. The molecule has 1 aliphatic rings. The van der Waals surface area contributed by atoms with E-state index in [1.807, 2.05) is 24.3 Å². The normalized spacial score (nSPS) is 15.8. The van der Waals surface area contributed by atoms with Gasteiger partial charge in [0.15, 0.2) is 0 Å². The van der Waals surface area contributed by atoms with Crippen molar-refractivity contribution in [2.45, 2.75) is 19.4 Å². The highest BCUT2D eigenvalue weighted by molar-refractivity contribution is 5.80. The fraction of sp³-hybridized carbons (Fsp3) is 0.278. The monoisotopic (exact) mass is 280 g/mol. The molecule has 0 bridgehead atoms. The number of hydrogen-bond acceptors (Lipinski definition) is 3. The zero-order valence-electron chi connectivity index (χ0n) is 12.1. The first-order valence-corrected chi connectivity index (χ1v) is 7.44. The largest absolute Gasteiger partial charge is 0.411 e. The van der Waals surface area contributed by atoms with Gasteiger partial charge in [0.25, 0.3) is 0 Å². The highest BCUT2D eigenvalue weighted by Gasteiger charge is 2.11. The molecule has 0 aliphatic carbocycles. The van der Waals surface area contributed by atoms with Gasteiger partial charge in [-0.05, 0) is 48.2 Å². The quantitative estimate of drug-likeness (QED) is 0.526. The van der Waals surface area contributed by atoms with Gasteiger partial charge in [0.2, 0.25) is 0 Å². The van der Waals surface area contributed by atoms with Crippen molar-refractivity contribution in [3.63, 3.8) is 0 Å². The van der Waals surface area contributed by atoms with Crippen molar-refractivity contribution in [3.8, 4) is 11.1 Å². The zero-order valence-corrected chi connectivity index (χ0v) is 12.1. The minimum absolute atomic E-state index is 0.895. The third kappa shape index (κ3) is 3.50. The Hall–Kier alpha value is -2.13. The Kier molecular flexibility index (Phi) is 4.31. The Morgan fingerprint density at radius 3 is 2.05 bits per heavy atom. The van der Waals surface area contributed by atoms with E-state index in [2.05, 4.69) is 34.3 Å². The molecule has 1 saturated heterocycles. The first-order chi connectivity index (χ1) is 10.3. The fourth-order valence-corrected chi connectivity index (χ4v) is 2.83. The standard InChI is InChI=1S/C18H20N2O/c21-19-13-15-3-7-17(8-4-15)18-9-5-16(6-10-18)14-20-11-1-2-12-20/h3-10,13,21H,1-2,11-12,14H2/b19-13+. The third-order valence-electron chi connectivity index (χ3n) is 4.01. The van der Waals surface area contributed by atoms with Crippen molar-refractivity contribution in [2.75, 3.05) is 13.1 Å². The van der Waals surface area contributed by atoms with Gasteiger partial charge in [-0.3, -0.25) is 4.90 Å². The summed E-state index contributed by atoms with van der Waals surface area (Å²) < 4.78 is 0. The van der Waals surface area contributed by atoms with Crippen molar-refractivity contribution in [1.82, 2.24) is 4.90 Å². The molecule has 1 heterocycles. The van der Waals surface area contributed by atoms with Gasteiger partial charge in [0, 0.05) is 6.54 Å². The molecule has 0 amide bonds. The summed E-state index contributed by atoms with van der Waals surface area (Å²) in [7, 11) is 0. The molecule has 1 aliphatic heterocycles. The maximum Gasteiger partial charge on any atom is 0.0733 e. The molecular formula is C18H20N2O. The Morgan fingerprint density at radius 1 is 0.905 bits per heavy atom. The van der Waals surface area contributed by atoms with Gasteiger partial charge in [-0.1, -0.05) is 53.7 Å². The molecule has 0 unspecified atom stereocenters. The lowest BCUT2D eigenvalue weighted by Gasteiger charge is -2.14. The number of nitrogens with zero attached hydrogens (tertiary/aromatic N) is 2. The second kappa shape index (κ2) is 6.55. The number of likely N-dealkylation sites (tertiary alicyclic amines) is 1. The topological polar surface area (TPSA) is 35.8 Å². The van der Waals surface area contributed by atoms with Crippen LogP contribution in [0.5, 0.6) is 0 Å². The molecule has 0 atom stereocenters. The number of rotatable bonds is 4. The Labute approximate surface area is 125 Å². The van der Waals surface area contributed by atoms with Gasteiger partial charge in [-0.25, -0.2) is 0 Å². The molecule has 1 N–H and O–H groups in total. The lowest BCUT2D eigenvalue weighted by molar-refractivity contribution is 0.322. The molecule has 3 heteroatoms. The number of oxime groups is 1. The summed E-state index contributed by atoms with van der Waals surface area (Å²) in [5, 5.41) is 11.6. The van der Waals surface area contributed by atoms with Crippen LogP contribution in [-0.2, 0) is 6.54 Å². The van der Waals surface area contributed by atoms with Crippen molar-refractivity contribution < 1.29 is 5.21 Å². The van der Waals surface area contributed by atoms with Gasteiger partial charge in [0.1, 0.15) is 0 Å². The number of hydrogen-bond donors (Lipinski definition) is 1. The number of benzene rings is 2. The summed E-state index contributed by atoms with van der Waals surface area (Å²) >= 11 is 0. The predicted octanol–water partition coefficient (Wildman–Crippen LogP) is 3.76. The molecule has 0 radical (unpaired) electrons. The second-order valence-electron chi connectivity index (χ2n) is 5.55. The molecule has 2 aromatic carbocycles. The van der Waals surface area contributed by atoms with E-state index >= 15 is 0 Å². The summed E-state index contributed by atoms with van der Waals surface area (Å²) in [5.74, 6) is 0. The van der Waals surface area contributed by atoms with E-state index in [0.29, 0.717) is 0 Å². The van der Waals surface area contributed by atoms with Gasteiger partial charge in [-0.15, -0.1) is 0 Å². The van der Waals surface area contributed by atoms with Crippen LogP contribution in [0.1, 0.15) is 24.0 Å². The highest BCUT2D eigenvalue weighted by Crippen LogP contribution is 2.21. The highest BCUT2D eigenvalue weighted by atomic mass is 16.4. The van der Waals surface area contributed by atoms with Gasteiger partial charge in [0.05, 0.1) is 6.21 Å². The Morgan fingerprint density at radius 2 is 1.48 bits per heavy atom. The van der Waals surface area contributed by atoms with E-state index in [1.165, 1.54) is 48.8 Å². The van der Waals surface area contributed by atoms with Crippen LogP contribution >= 0.6 is 0 Å². The molecule has 3 nitrogen and oxygen atoms in total. The van der Waals surface area contributed by atoms with Gasteiger partial charge in [-0.2, -0.15) is 0 Å². The van der Waals surface area contributed by atoms with Crippen molar-refractivity contribution >= 4 is 6.21 Å². The second-order valence-corrected chi connectivity index (χ2v) is 5.55. The maximum atomic E-state index is 8.52. The van der Waals surface area contributed by atoms with E-state index in [-0.39, 0.29) is 0 Å². The summed E-state index contributed by atoms with van der Waals surface area (Å²) in [6.07, 6.45) is 4.10.